The highest BCUT2D eigenvalue weighted by molar-refractivity contribution is 5.67. The maximum Gasteiger partial charge on any atom is 0.407 e. The molecule has 0 radical (unpaired) electrons. The van der Waals surface area contributed by atoms with Crippen LogP contribution in [0.4, 0.5) is 9.59 Å². The van der Waals surface area contributed by atoms with Gasteiger partial charge >= 0.3 is 12.2 Å². The average molecular weight is 292 g/mol. The molecule has 1 aromatic carbocycles. The van der Waals surface area contributed by atoms with Gasteiger partial charge in [0, 0.05) is 19.1 Å². The topological polar surface area (TPSA) is 78.9 Å². The Morgan fingerprint density at radius 1 is 1.24 bits per heavy atom. The zero-order valence-corrected chi connectivity index (χ0v) is 11.8. The van der Waals surface area contributed by atoms with Crippen molar-refractivity contribution in [2.24, 2.45) is 0 Å². The minimum Gasteiger partial charge on any atom is -0.465 e. The molecule has 2 N–H and O–H groups in total. The van der Waals surface area contributed by atoms with Crippen molar-refractivity contribution in [2.45, 2.75) is 31.9 Å². The highest BCUT2D eigenvalue weighted by Crippen LogP contribution is 2.11. The molecule has 1 aliphatic rings. The van der Waals surface area contributed by atoms with Gasteiger partial charge in [-0.25, -0.2) is 9.59 Å². The van der Waals surface area contributed by atoms with Gasteiger partial charge in [-0.1, -0.05) is 30.3 Å². The van der Waals surface area contributed by atoms with Crippen LogP contribution in [0.5, 0.6) is 0 Å². The monoisotopic (exact) mass is 292 g/mol. The third-order valence-electron chi connectivity index (χ3n) is 3.53. The van der Waals surface area contributed by atoms with Gasteiger partial charge in [-0.3, -0.25) is 0 Å². The number of carboxylic acid groups (broad SMARTS) is 1. The number of benzene rings is 1. The third kappa shape index (κ3) is 4.98. The van der Waals surface area contributed by atoms with E-state index in [2.05, 4.69) is 5.32 Å². The Kier molecular flexibility index (Phi) is 5.43. The number of ether oxygens (including phenoxy) is 1. The lowest BCUT2D eigenvalue weighted by atomic mass is 10.1. The summed E-state index contributed by atoms with van der Waals surface area (Å²) in [4.78, 5) is 24.0. The third-order valence-corrected chi connectivity index (χ3v) is 3.53. The van der Waals surface area contributed by atoms with E-state index in [1.807, 2.05) is 30.3 Å². The number of alkyl carbamates (subject to hydrolysis) is 1. The molecule has 0 aliphatic carbocycles. The Morgan fingerprint density at radius 2 is 2.00 bits per heavy atom. The minimum absolute atomic E-state index is 0.0300. The number of likely N-dealkylation sites (tertiary alicyclic amines) is 1. The number of nitrogens with one attached hydrogen (secondary N) is 1. The first-order chi connectivity index (χ1) is 10.1. The number of hydrogen-bond donors (Lipinski definition) is 2. The van der Waals surface area contributed by atoms with Crippen LogP contribution in [0.1, 0.15) is 24.8 Å². The summed E-state index contributed by atoms with van der Waals surface area (Å²) >= 11 is 0. The summed E-state index contributed by atoms with van der Waals surface area (Å²) < 4.78 is 5.17. The molecule has 1 saturated heterocycles. The molecule has 6 heteroatoms. The zero-order valence-electron chi connectivity index (χ0n) is 11.8. The van der Waals surface area contributed by atoms with Crippen LogP contribution in [0.25, 0.3) is 0 Å². The van der Waals surface area contributed by atoms with E-state index < -0.39 is 12.2 Å². The van der Waals surface area contributed by atoms with E-state index in [1.165, 1.54) is 4.90 Å². The molecule has 1 atom stereocenters. The van der Waals surface area contributed by atoms with E-state index in [0.717, 1.165) is 18.4 Å². The van der Waals surface area contributed by atoms with Gasteiger partial charge in [0.15, 0.2) is 0 Å². The fourth-order valence-electron chi connectivity index (χ4n) is 2.36. The van der Waals surface area contributed by atoms with E-state index in [1.54, 1.807) is 0 Å². The van der Waals surface area contributed by atoms with Gasteiger partial charge in [-0.15, -0.1) is 0 Å². The Hall–Kier alpha value is -2.24. The van der Waals surface area contributed by atoms with Crippen molar-refractivity contribution >= 4 is 12.2 Å². The van der Waals surface area contributed by atoms with E-state index in [9.17, 15) is 9.59 Å². The Morgan fingerprint density at radius 3 is 2.71 bits per heavy atom. The molecule has 1 aliphatic heterocycles. The molecule has 0 unspecified atom stereocenters. The van der Waals surface area contributed by atoms with Crippen molar-refractivity contribution in [2.75, 3.05) is 13.1 Å². The van der Waals surface area contributed by atoms with Crippen molar-refractivity contribution in [3.63, 3.8) is 0 Å². The molecule has 0 spiro atoms. The Labute approximate surface area is 123 Å². The van der Waals surface area contributed by atoms with Crippen molar-refractivity contribution in [3.05, 3.63) is 35.9 Å². The van der Waals surface area contributed by atoms with Crippen LogP contribution in [0.15, 0.2) is 30.3 Å². The van der Waals surface area contributed by atoms with Crippen molar-refractivity contribution in [1.82, 2.24) is 10.2 Å². The van der Waals surface area contributed by atoms with Crippen LogP contribution in [-0.4, -0.2) is 41.3 Å². The number of carbonyl (C=O) groups is 2. The second-order valence-corrected chi connectivity index (χ2v) is 5.10. The van der Waals surface area contributed by atoms with Gasteiger partial charge in [-0.05, 0) is 24.8 Å². The van der Waals surface area contributed by atoms with Crippen LogP contribution in [0, 0.1) is 0 Å². The summed E-state index contributed by atoms with van der Waals surface area (Å²) in [5, 5.41) is 11.8. The predicted octanol–water partition coefficient (Wildman–Crippen LogP) is 2.45. The first-order valence-corrected chi connectivity index (χ1v) is 7.10. The Bertz CT molecular complexity index is 478. The summed E-state index contributed by atoms with van der Waals surface area (Å²) in [6.45, 7) is 1.20. The maximum absolute atomic E-state index is 11.7. The normalized spacial score (nSPS) is 18.7. The Balaban J connectivity index is 1.74. The summed E-state index contributed by atoms with van der Waals surface area (Å²) in [7, 11) is 0. The summed E-state index contributed by atoms with van der Waals surface area (Å²) in [6, 6.07) is 9.44. The van der Waals surface area contributed by atoms with Crippen molar-refractivity contribution < 1.29 is 19.4 Å². The number of amides is 2. The second kappa shape index (κ2) is 7.52. The predicted molar refractivity (Wildman–Crippen MR) is 77.0 cm³/mol. The van der Waals surface area contributed by atoms with Crippen LogP contribution in [0.3, 0.4) is 0 Å². The molecule has 114 valence electrons. The number of rotatable bonds is 3. The highest BCUT2D eigenvalue weighted by Gasteiger charge is 2.21. The highest BCUT2D eigenvalue weighted by atomic mass is 16.5. The number of nitrogens with zero attached hydrogens (tertiary/aromatic N) is 1. The standard InChI is InChI=1S/C15H20N2O4/c18-14(21-11-12-5-2-1-3-6-12)16-13-7-4-9-17(10-8-13)15(19)20/h1-3,5-6,13H,4,7-11H2,(H,16,18)(H,19,20)/t13-/m0/s1. The number of carbonyl (C=O) groups excluding carboxylic acids is 1. The van der Waals surface area contributed by atoms with Crippen LogP contribution in [-0.2, 0) is 11.3 Å². The molecule has 1 aromatic rings. The molecule has 2 rings (SSSR count). The lowest BCUT2D eigenvalue weighted by Crippen LogP contribution is -2.36. The minimum atomic E-state index is -0.901. The molecule has 0 saturated carbocycles. The maximum atomic E-state index is 11.7. The first-order valence-electron chi connectivity index (χ1n) is 7.10. The fraction of sp³-hybridized carbons (Fsp3) is 0.467. The first kappa shape index (κ1) is 15.2. The molecule has 6 nitrogen and oxygen atoms in total. The molecule has 0 bridgehead atoms. The van der Waals surface area contributed by atoms with Gasteiger partial charge < -0.3 is 20.1 Å². The molecule has 1 heterocycles. The lowest BCUT2D eigenvalue weighted by molar-refractivity contribution is 0.134. The molecule has 21 heavy (non-hydrogen) atoms. The molecule has 0 aromatic heterocycles. The van der Waals surface area contributed by atoms with E-state index in [0.29, 0.717) is 19.5 Å². The quantitative estimate of drug-likeness (QED) is 0.897. The van der Waals surface area contributed by atoms with E-state index >= 15 is 0 Å². The largest absolute Gasteiger partial charge is 0.465 e. The molecular formula is C15H20N2O4. The summed E-state index contributed by atoms with van der Waals surface area (Å²) in [5.41, 5.74) is 0.936. The summed E-state index contributed by atoms with van der Waals surface area (Å²) in [5.74, 6) is 0. The fourth-order valence-corrected chi connectivity index (χ4v) is 2.36. The van der Waals surface area contributed by atoms with Gasteiger partial charge in [-0.2, -0.15) is 0 Å². The van der Waals surface area contributed by atoms with Crippen molar-refractivity contribution in [1.29, 1.82) is 0 Å². The summed E-state index contributed by atoms with van der Waals surface area (Å²) in [6.07, 6.45) is 0.780. The molecular weight excluding hydrogens is 272 g/mol. The smallest absolute Gasteiger partial charge is 0.407 e. The zero-order chi connectivity index (χ0) is 15.1. The van der Waals surface area contributed by atoms with E-state index in [4.69, 9.17) is 9.84 Å². The second-order valence-electron chi connectivity index (χ2n) is 5.10. The lowest BCUT2D eigenvalue weighted by Gasteiger charge is -2.17. The average Bonchev–Trinajstić information content (AvgIpc) is 2.72. The SMILES string of the molecule is O=C(N[C@H]1CCCN(C(=O)O)CC1)OCc1ccccc1. The van der Waals surface area contributed by atoms with Crippen molar-refractivity contribution in [3.8, 4) is 0 Å². The van der Waals surface area contributed by atoms with Gasteiger partial charge in [0.25, 0.3) is 0 Å². The molecule has 1 fully saturated rings. The van der Waals surface area contributed by atoms with Gasteiger partial charge in [0.05, 0.1) is 0 Å². The number of hydrogen-bond acceptors (Lipinski definition) is 3. The van der Waals surface area contributed by atoms with Crippen LogP contribution in [0.2, 0.25) is 0 Å². The van der Waals surface area contributed by atoms with Gasteiger partial charge in [0.2, 0.25) is 0 Å². The van der Waals surface area contributed by atoms with Gasteiger partial charge in [0.1, 0.15) is 6.61 Å². The van der Waals surface area contributed by atoms with Crippen LogP contribution < -0.4 is 5.32 Å². The van der Waals surface area contributed by atoms with E-state index in [-0.39, 0.29) is 12.6 Å². The van der Waals surface area contributed by atoms with Crippen LogP contribution >= 0.6 is 0 Å². The molecule has 2 amide bonds.